The van der Waals surface area contributed by atoms with Gasteiger partial charge in [0.25, 0.3) is 0 Å². The summed E-state index contributed by atoms with van der Waals surface area (Å²) in [4.78, 5) is 10.1. The third kappa shape index (κ3) is 2.41. The molecule has 0 spiro atoms. The number of hydrogen-bond acceptors (Lipinski definition) is 4. The lowest BCUT2D eigenvalue weighted by atomic mass is 10.4. The van der Waals surface area contributed by atoms with Gasteiger partial charge in [-0.25, -0.2) is 10.2 Å². The number of aryl methyl sites for hydroxylation is 1. The number of nitrogens with zero attached hydrogens (tertiary/aromatic N) is 2. The van der Waals surface area contributed by atoms with Crippen molar-refractivity contribution >= 4 is 12.2 Å². The van der Waals surface area contributed by atoms with Crippen molar-refractivity contribution in [1.82, 2.24) is 10.6 Å². The minimum atomic E-state index is -0.716. The molecule has 0 atom stereocenters. The first-order valence-electron chi connectivity index (χ1n) is 3.20. The van der Waals surface area contributed by atoms with Gasteiger partial charge in [-0.05, 0) is 6.92 Å². The summed E-state index contributed by atoms with van der Waals surface area (Å²) in [6, 6.07) is 0.957. The first kappa shape index (κ1) is 8.25. The van der Waals surface area contributed by atoms with Gasteiger partial charge in [0.15, 0.2) is 0 Å². The molecule has 0 fully saturated rings. The number of carbonyl (C=O) groups excluding carboxylic acids is 1. The largest absolute Gasteiger partial charge is 0.361 e. The van der Waals surface area contributed by atoms with Crippen LogP contribution in [0.3, 0.4) is 0 Å². The second-order valence-corrected chi connectivity index (χ2v) is 2.10. The van der Waals surface area contributed by atoms with Crippen LogP contribution in [0.2, 0.25) is 0 Å². The van der Waals surface area contributed by atoms with Gasteiger partial charge < -0.3 is 10.3 Å². The fraction of sp³-hybridized carbons (Fsp3) is 0.167. The standard InChI is InChI=1S/C6H8N4O2/c1-4-2-5(10-12-4)3-8-9-6(7)11/h2-3H,1H3,(H3,7,9,11)/b8-3+. The van der Waals surface area contributed by atoms with E-state index in [1.165, 1.54) is 6.21 Å². The lowest BCUT2D eigenvalue weighted by Crippen LogP contribution is -2.24. The lowest BCUT2D eigenvalue weighted by molar-refractivity contribution is 0.249. The van der Waals surface area contributed by atoms with Crippen molar-refractivity contribution in [2.75, 3.05) is 0 Å². The van der Waals surface area contributed by atoms with E-state index in [9.17, 15) is 4.79 Å². The highest BCUT2D eigenvalue weighted by Gasteiger charge is 1.94. The normalized spacial score (nSPS) is 10.4. The number of hydrazone groups is 1. The van der Waals surface area contributed by atoms with Crippen LogP contribution >= 0.6 is 0 Å². The fourth-order valence-electron chi connectivity index (χ4n) is 0.609. The summed E-state index contributed by atoms with van der Waals surface area (Å²) >= 11 is 0. The molecule has 0 aliphatic carbocycles. The van der Waals surface area contributed by atoms with Crippen LogP contribution in [0.5, 0.6) is 0 Å². The molecule has 0 saturated carbocycles. The highest BCUT2D eigenvalue weighted by atomic mass is 16.5. The first-order valence-corrected chi connectivity index (χ1v) is 3.20. The van der Waals surface area contributed by atoms with Gasteiger partial charge in [0.2, 0.25) is 0 Å². The zero-order valence-corrected chi connectivity index (χ0v) is 6.44. The van der Waals surface area contributed by atoms with E-state index >= 15 is 0 Å². The van der Waals surface area contributed by atoms with Gasteiger partial charge in [0.05, 0.1) is 6.21 Å². The molecule has 1 rings (SSSR count). The summed E-state index contributed by atoms with van der Waals surface area (Å²) in [5.41, 5.74) is 7.31. The number of primary amides is 1. The number of carbonyl (C=O) groups is 1. The average molecular weight is 168 g/mol. The highest BCUT2D eigenvalue weighted by Crippen LogP contribution is 1.97. The van der Waals surface area contributed by atoms with E-state index in [2.05, 4.69) is 10.3 Å². The third-order valence-electron chi connectivity index (χ3n) is 1.02. The van der Waals surface area contributed by atoms with Gasteiger partial charge >= 0.3 is 6.03 Å². The molecule has 0 saturated heterocycles. The van der Waals surface area contributed by atoms with Gasteiger partial charge in [-0.2, -0.15) is 5.10 Å². The van der Waals surface area contributed by atoms with Gasteiger partial charge in [-0.3, -0.25) is 0 Å². The fourth-order valence-corrected chi connectivity index (χ4v) is 0.609. The van der Waals surface area contributed by atoms with E-state index < -0.39 is 6.03 Å². The van der Waals surface area contributed by atoms with Crippen LogP contribution < -0.4 is 11.2 Å². The average Bonchev–Trinajstić information content (AvgIpc) is 2.35. The van der Waals surface area contributed by atoms with E-state index in [0.29, 0.717) is 11.5 Å². The zero-order chi connectivity index (χ0) is 8.97. The van der Waals surface area contributed by atoms with Crippen LogP contribution in [0.15, 0.2) is 15.7 Å². The maximum Gasteiger partial charge on any atom is 0.332 e. The number of urea groups is 1. The van der Waals surface area contributed by atoms with Crippen molar-refractivity contribution in [3.8, 4) is 0 Å². The van der Waals surface area contributed by atoms with Crippen molar-refractivity contribution in [2.45, 2.75) is 6.92 Å². The van der Waals surface area contributed by atoms with Crippen LogP contribution in [0.25, 0.3) is 0 Å². The molecular weight excluding hydrogens is 160 g/mol. The van der Waals surface area contributed by atoms with E-state index in [1.807, 2.05) is 5.43 Å². The van der Waals surface area contributed by atoms with Crippen LogP contribution in [0, 0.1) is 6.92 Å². The number of nitrogens with two attached hydrogens (primary N) is 1. The zero-order valence-electron chi connectivity index (χ0n) is 6.44. The Labute approximate surface area is 68.4 Å². The summed E-state index contributed by atoms with van der Waals surface area (Å²) in [6.45, 7) is 1.76. The molecule has 0 bridgehead atoms. The maximum atomic E-state index is 10.1. The predicted octanol–water partition coefficient (Wildman–Crippen LogP) is -0.0148. The lowest BCUT2D eigenvalue weighted by Gasteiger charge is -1.86. The Kier molecular flexibility index (Phi) is 2.42. The quantitative estimate of drug-likeness (QED) is 0.480. The van der Waals surface area contributed by atoms with E-state index in [1.54, 1.807) is 13.0 Å². The molecule has 0 radical (unpaired) electrons. The van der Waals surface area contributed by atoms with Crippen molar-refractivity contribution in [3.63, 3.8) is 0 Å². The van der Waals surface area contributed by atoms with Gasteiger partial charge in [0, 0.05) is 6.07 Å². The summed E-state index contributed by atoms with van der Waals surface area (Å²) in [5, 5.41) is 7.08. The molecule has 6 heteroatoms. The van der Waals surface area contributed by atoms with Crippen molar-refractivity contribution < 1.29 is 9.32 Å². The van der Waals surface area contributed by atoms with Gasteiger partial charge in [-0.1, -0.05) is 5.16 Å². The van der Waals surface area contributed by atoms with Crippen LogP contribution in [-0.4, -0.2) is 17.4 Å². The number of rotatable bonds is 2. The molecular formula is C6H8N4O2. The summed E-state index contributed by atoms with van der Waals surface area (Å²) < 4.78 is 4.74. The number of hydrogen-bond donors (Lipinski definition) is 2. The summed E-state index contributed by atoms with van der Waals surface area (Å²) in [7, 11) is 0. The Balaban J connectivity index is 2.52. The Hall–Kier alpha value is -1.85. The smallest absolute Gasteiger partial charge is 0.332 e. The van der Waals surface area contributed by atoms with Gasteiger partial charge in [-0.15, -0.1) is 0 Å². The third-order valence-corrected chi connectivity index (χ3v) is 1.02. The molecule has 6 nitrogen and oxygen atoms in total. The monoisotopic (exact) mass is 168 g/mol. The van der Waals surface area contributed by atoms with Crippen molar-refractivity contribution in [3.05, 3.63) is 17.5 Å². The maximum absolute atomic E-state index is 10.1. The van der Waals surface area contributed by atoms with Crippen molar-refractivity contribution in [2.24, 2.45) is 10.8 Å². The summed E-state index contributed by atoms with van der Waals surface area (Å²) in [6.07, 6.45) is 1.33. The van der Waals surface area contributed by atoms with Crippen LogP contribution in [0.1, 0.15) is 11.5 Å². The second kappa shape index (κ2) is 3.51. The topological polar surface area (TPSA) is 93.5 Å². The Morgan fingerprint density at radius 3 is 3.17 bits per heavy atom. The minimum Gasteiger partial charge on any atom is -0.361 e. The minimum absolute atomic E-state index is 0.529. The Bertz CT molecular complexity index is 304. The molecule has 0 unspecified atom stereocenters. The molecule has 1 heterocycles. The number of amides is 2. The molecule has 3 N–H and O–H groups in total. The van der Waals surface area contributed by atoms with Gasteiger partial charge in [0.1, 0.15) is 11.5 Å². The molecule has 1 aromatic rings. The molecule has 2 amide bonds. The molecule has 0 aliphatic heterocycles. The van der Waals surface area contributed by atoms with E-state index in [-0.39, 0.29) is 0 Å². The first-order chi connectivity index (χ1) is 5.68. The predicted molar refractivity (Wildman–Crippen MR) is 41.6 cm³/mol. The Morgan fingerprint density at radius 1 is 1.92 bits per heavy atom. The molecule has 0 aromatic carbocycles. The molecule has 1 aromatic heterocycles. The van der Waals surface area contributed by atoms with Crippen LogP contribution in [-0.2, 0) is 0 Å². The summed E-state index contributed by atoms with van der Waals surface area (Å²) in [5.74, 6) is 0.676. The van der Waals surface area contributed by atoms with E-state index in [0.717, 1.165) is 0 Å². The Morgan fingerprint density at radius 2 is 2.67 bits per heavy atom. The molecule has 64 valence electrons. The highest BCUT2D eigenvalue weighted by molar-refractivity contribution is 5.79. The van der Waals surface area contributed by atoms with E-state index in [4.69, 9.17) is 10.3 Å². The number of aromatic nitrogens is 1. The second-order valence-electron chi connectivity index (χ2n) is 2.10. The molecule has 12 heavy (non-hydrogen) atoms. The SMILES string of the molecule is Cc1cc(/C=N/NC(N)=O)no1. The molecule has 0 aliphatic rings. The van der Waals surface area contributed by atoms with Crippen molar-refractivity contribution in [1.29, 1.82) is 0 Å². The van der Waals surface area contributed by atoms with Crippen LogP contribution in [0.4, 0.5) is 4.79 Å². The number of nitrogens with one attached hydrogen (secondary N) is 1.